The molecule has 1 unspecified atom stereocenters. The lowest BCUT2D eigenvalue weighted by molar-refractivity contribution is 0.785. The van der Waals surface area contributed by atoms with Gasteiger partial charge in [0, 0.05) is 56.8 Å². The summed E-state index contributed by atoms with van der Waals surface area (Å²) < 4.78 is 4.92. The lowest BCUT2D eigenvalue weighted by atomic mass is 9.86. The van der Waals surface area contributed by atoms with Gasteiger partial charge in [0.05, 0.1) is 22.1 Å². The fourth-order valence-corrected chi connectivity index (χ4v) is 14.4. The van der Waals surface area contributed by atoms with Gasteiger partial charge in [0.1, 0.15) is 0 Å². The average Bonchev–Trinajstić information content (AvgIpc) is 1.38. The van der Waals surface area contributed by atoms with Crippen LogP contribution in [0.3, 0.4) is 0 Å². The first-order valence-electron chi connectivity index (χ1n) is 32.0. The zero-order chi connectivity index (χ0) is 59.6. The zero-order valence-corrected chi connectivity index (χ0v) is 51.4. The van der Waals surface area contributed by atoms with Crippen LogP contribution in [0.4, 0.5) is 11.4 Å². The molecule has 0 aliphatic carbocycles. The number of fused-ring (bicyclic) bond motifs is 9. The Balaban J connectivity index is 0.849. The molecule has 2 aromatic heterocycles. The van der Waals surface area contributed by atoms with Gasteiger partial charge < -0.3 is 14.0 Å². The van der Waals surface area contributed by atoms with Crippen LogP contribution in [0, 0.1) is 0 Å². The molecule has 88 heavy (non-hydrogen) atoms. The number of hydrogen-bond donors (Lipinski definition) is 0. The molecule has 428 valence electrons. The Morgan fingerprint density at radius 3 is 1.27 bits per heavy atom. The highest BCUT2D eigenvalue weighted by atomic mass is 15.1. The summed E-state index contributed by atoms with van der Waals surface area (Å²) in [6.07, 6.45) is 11.3. The molecule has 0 saturated carbocycles. The molecule has 0 bridgehead atoms. The standard InChI is InChI=1S/C85H73N3/c1-7-56-19-18-48-86(79-45-34-64(55(5)6)52-74(79)59(10-4)49-56)67-37-28-60(29-38-67)65-35-46-82-77(53-65)78-54-66(61-30-39-68(40-31-61)87-80-43-26-57(8-2)50-75(80)76-51-58(9-3)27-44-81(76)87)36-47-83(78)88(82)69-41-32-63(33-42-69)85-72-24-16-14-22-70(72)84(62-20-12-11-13-21-62)71-23-15-17-25-73(71)85/h11-47,49-55,59H,7-10,48H2,1-6H3/b19-18-,56-49-. The molecule has 12 aromatic carbocycles. The van der Waals surface area contributed by atoms with Gasteiger partial charge in [-0.2, -0.15) is 0 Å². The fraction of sp³-hybridized carbons (Fsp3) is 0.153. The first kappa shape index (κ1) is 54.7. The van der Waals surface area contributed by atoms with Crippen molar-refractivity contribution in [2.24, 2.45) is 0 Å². The van der Waals surface area contributed by atoms with Crippen molar-refractivity contribution >= 4 is 76.5 Å². The highest BCUT2D eigenvalue weighted by Gasteiger charge is 2.23. The van der Waals surface area contributed by atoms with Crippen molar-refractivity contribution in [1.29, 1.82) is 0 Å². The van der Waals surface area contributed by atoms with Crippen LogP contribution in [0.15, 0.2) is 266 Å². The highest BCUT2D eigenvalue weighted by molar-refractivity contribution is 6.21. The van der Waals surface area contributed by atoms with E-state index in [4.69, 9.17) is 0 Å². The number of anilines is 2. The fourth-order valence-electron chi connectivity index (χ4n) is 14.4. The minimum absolute atomic E-state index is 0.341. The summed E-state index contributed by atoms with van der Waals surface area (Å²) in [5, 5.41) is 10.1. The van der Waals surface area contributed by atoms with Crippen LogP contribution >= 0.6 is 0 Å². The quantitative estimate of drug-likeness (QED) is 0.111. The lowest BCUT2D eigenvalue weighted by Gasteiger charge is -2.29. The summed E-state index contributed by atoms with van der Waals surface area (Å²) in [5.41, 5.74) is 26.3. The van der Waals surface area contributed by atoms with Gasteiger partial charge in [-0.15, -0.1) is 0 Å². The van der Waals surface area contributed by atoms with E-state index in [1.54, 1.807) is 0 Å². The van der Waals surface area contributed by atoms with E-state index < -0.39 is 0 Å². The number of aromatic nitrogens is 2. The maximum absolute atomic E-state index is 2.52. The molecule has 3 nitrogen and oxygen atoms in total. The molecule has 0 amide bonds. The normalized spacial score (nSPS) is 14.6. The van der Waals surface area contributed by atoms with Gasteiger partial charge in [-0.3, -0.25) is 0 Å². The van der Waals surface area contributed by atoms with E-state index in [1.807, 2.05) is 0 Å². The third-order valence-corrected chi connectivity index (χ3v) is 19.1. The minimum atomic E-state index is 0.341. The molecule has 0 spiro atoms. The van der Waals surface area contributed by atoms with Crippen LogP contribution in [0.1, 0.15) is 88.5 Å². The molecule has 3 heterocycles. The summed E-state index contributed by atoms with van der Waals surface area (Å²) in [7, 11) is 0. The molecule has 0 radical (unpaired) electrons. The number of aryl methyl sites for hydroxylation is 2. The molecule has 15 rings (SSSR count). The van der Waals surface area contributed by atoms with E-state index in [0.717, 1.165) is 43.6 Å². The molecule has 0 N–H and O–H groups in total. The second kappa shape index (κ2) is 22.7. The first-order chi connectivity index (χ1) is 43.3. The Labute approximate surface area is 517 Å². The van der Waals surface area contributed by atoms with Gasteiger partial charge in [-0.25, -0.2) is 0 Å². The number of hydrogen-bond acceptors (Lipinski definition) is 1. The van der Waals surface area contributed by atoms with Gasteiger partial charge in [0.25, 0.3) is 0 Å². The maximum Gasteiger partial charge on any atom is 0.0541 e. The van der Waals surface area contributed by atoms with Crippen LogP contribution in [-0.4, -0.2) is 15.7 Å². The van der Waals surface area contributed by atoms with Crippen LogP contribution in [0.5, 0.6) is 0 Å². The third kappa shape index (κ3) is 9.43. The molecule has 1 aliphatic rings. The molecular formula is C85H73N3. The van der Waals surface area contributed by atoms with Crippen molar-refractivity contribution in [2.45, 2.75) is 79.1 Å². The molecule has 1 atom stereocenters. The summed E-state index contributed by atoms with van der Waals surface area (Å²) in [6, 6.07) is 92.1. The van der Waals surface area contributed by atoms with Crippen LogP contribution in [-0.2, 0) is 12.8 Å². The van der Waals surface area contributed by atoms with Gasteiger partial charge in [-0.1, -0.05) is 217 Å². The van der Waals surface area contributed by atoms with E-state index in [2.05, 4.69) is 316 Å². The topological polar surface area (TPSA) is 13.1 Å². The molecule has 0 saturated heterocycles. The van der Waals surface area contributed by atoms with Gasteiger partial charge >= 0.3 is 0 Å². The lowest BCUT2D eigenvalue weighted by Crippen LogP contribution is -2.19. The number of nitrogens with zero attached hydrogens (tertiary/aromatic N) is 3. The Morgan fingerprint density at radius 2 is 0.807 bits per heavy atom. The zero-order valence-electron chi connectivity index (χ0n) is 51.4. The van der Waals surface area contributed by atoms with Gasteiger partial charge in [0.15, 0.2) is 0 Å². The van der Waals surface area contributed by atoms with Gasteiger partial charge in [-0.05, 0) is 211 Å². The smallest absolute Gasteiger partial charge is 0.0541 e. The molecule has 3 heteroatoms. The number of allylic oxidation sites excluding steroid dienone is 3. The van der Waals surface area contributed by atoms with Crippen molar-refractivity contribution < 1.29 is 0 Å². The second-order valence-electron chi connectivity index (χ2n) is 24.5. The van der Waals surface area contributed by atoms with E-state index in [9.17, 15) is 0 Å². The Hall–Kier alpha value is -9.96. The Morgan fingerprint density at radius 1 is 0.375 bits per heavy atom. The summed E-state index contributed by atoms with van der Waals surface area (Å²) in [4.78, 5) is 2.52. The van der Waals surface area contributed by atoms with Crippen molar-refractivity contribution in [3.05, 3.63) is 289 Å². The van der Waals surface area contributed by atoms with Crippen molar-refractivity contribution in [3.8, 4) is 55.9 Å². The Bertz CT molecular complexity index is 4930. The second-order valence-corrected chi connectivity index (χ2v) is 24.5. The number of benzene rings is 12. The molecular weight excluding hydrogens is 1060 g/mol. The minimum Gasteiger partial charge on any atom is -0.337 e. The highest BCUT2D eigenvalue weighted by Crippen LogP contribution is 2.46. The van der Waals surface area contributed by atoms with Crippen molar-refractivity contribution in [3.63, 3.8) is 0 Å². The van der Waals surface area contributed by atoms with Crippen LogP contribution < -0.4 is 4.90 Å². The molecule has 0 fully saturated rings. The van der Waals surface area contributed by atoms with E-state index in [-0.39, 0.29) is 0 Å². The maximum atomic E-state index is 2.52. The monoisotopic (exact) mass is 1140 g/mol. The Kier molecular flexibility index (Phi) is 14.1. The van der Waals surface area contributed by atoms with Crippen molar-refractivity contribution in [1.82, 2.24) is 9.13 Å². The first-order valence-corrected chi connectivity index (χ1v) is 32.0. The van der Waals surface area contributed by atoms with Gasteiger partial charge in [0.2, 0.25) is 0 Å². The van der Waals surface area contributed by atoms with Crippen LogP contribution in [0.25, 0.3) is 121 Å². The predicted octanol–water partition coefficient (Wildman–Crippen LogP) is 23.6. The summed E-state index contributed by atoms with van der Waals surface area (Å²) in [5.74, 6) is 0.798. The predicted molar refractivity (Wildman–Crippen MR) is 379 cm³/mol. The van der Waals surface area contributed by atoms with E-state index in [1.165, 1.54) is 149 Å². The van der Waals surface area contributed by atoms with E-state index in [0.29, 0.717) is 11.8 Å². The number of rotatable bonds is 12. The average molecular weight is 1140 g/mol. The molecule has 14 aromatic rings. The van der Waals surface area contributed by atoms with Crippen LogP contribution in [0.2, 0.25) is 0 Å². The summed E-state index contributed by atoms with van der Waals surface area (Å²) >= 11 is 0. The largest absolute Gasteiger partial charge is 0.337 e. The third-order valence-electron chi connectivity index (χ3n) is 19.1. The van der Waals surface area contributed by atoms with E-state index >= 15 is 0 Å². The summed E-state index contributed by atoms with van der Waals surface area (Å²) in [6.45, 7) is 14.5. The van der Waals surface area contributed by atoms with Crippen molar-refractivity contribution in [2.75, 3.05) is 11.4 Å². The SMILES string of the molecule is CCC1=C/C(CC)c2cc(C(C)C)ccc2N(c2ccc(-c3ccc4c(c3)c3cc(-c5ccc(-n6c7ccc(CC)cc7c7cc(CC)ccc76)cc5)ccc3n4-c3ccc(-c4c5ccccc5c(-c5ccccc5)c5ccccc45)cc3)cc2)C/C=C\1. The molecule has 1 aliphatic heterocycles.